The molecule has 4 heterocycles. The predicted molar refractivity (Wildman–Crippen MR) is 128 cm³/mol. The highest BCUT2D eigenvalue weighted by molar-refractivity contribution is 7.15. The van der Waals surface area contributed by atoms with E-state index in [2.05, 4.69) is 27.4 Å². The van der Waals surface area contributed by atoms with E-state index in [9.17, 15) is 4.79 Å². The summed E-state index contributed by atoms with van der Waals surface area (Å²) in [7, 11) is 0. The van der Waals surface area contributed by atoms with Crippen molar-refractivity contribution in [3.05, 3.63) is 64.1 Å². The molecule has 0 spiro atoms. The van der Waals surface area contributed by atoms with E-state index in [1.165, 1.54) is 0 Å². The van der Waals surface area contributed by atoms with Crippen molar-refractivity contribution in [3.8, 4) is 22.0 Å². The number of aromatic nitrogens is 4. The van der Waals surface area contributed by atoms with E-state index in [4.69, 9.17) is 9.51 Å². The third-order valence-corrected chi connectivity index (χ3v) is 6.08. The summed E-state index contributed by atoms with van der Waals surface area (Å²) in [5.41, 5.74) is 4.92. The Balaban J connectivity index is 0.00000141. The number of amides is 1. The maximum atomic E-state index is 12.6. The molecule has 0 aliphatic rings. The molecule has 0 radical (unpaired) electrons. The van der Waals surface area contributed by atoms with E-state index < -0.39 is 0 Å². The molecule has 0 aliphatic heterocycles. The maximum Gasteiger partial charge on any atom is 0.258 e. The first-order valence-electron chi connectivity index (χ1n) is 10.6. The minimum atomic E-state index is -0.226. The van der Waals surface area contributed by atoms with Gasteiger partial charge >= 0.3 is 0 Å². The summed E-state index contributed by atoms with van der Waals surface area (Å²) in [6, 6.07) is 5.57. The van der Waals surface area contributed by atoms with Gasteiger partial charge in [0, 0.05) is 35.1 Å². The van der Waals surface area contributed by atoms with Crippen LogP contribution in [-0.4, -0.2) is 26.0 Å². The van der Waals surface area contributed by atoms with Gasteiger partial charge in [0.25, 0.3) is 5.91 Å². The van der Waals surface area contributed by atoms with Crippen LogP contribution in [0.15, 0.2) is 41.3 Å². The van der Waals surface area contributed by atoms with Crippen molar-refractivity contribution in [1.29, 1.82) is 0 Å². The van der Waals surface area contributed by atoms with Crippen molar-refractivity contribution in [2.24, 2.45) is 0 Å². The van der Waals surface area contributed by atoms with Crippen LogP contribution in [0.2, 0.25) is 0 Å². The highest BCUT2D eigenvalue weighted by atomic mass is 32.1. The fraction of sp³-hybridized carbons (Fsp3) is 0.292. The van der Waals surface area contributed by atoms with Gasteiger partial charge in [-0.25, -0.2) is 9.97 Å². The van der Waals surface area contributed by atoms with Crippen molar-refractivity contribution in [3.63, 3.8) is 0 Å². The van der Waals surface area contributed by atoms with Gasteiger partial charge in [0.1, 0.15) is 22.3 Å². The topological polar surface area (TPSA) is 93.8 Å². The van der Waals surface area contributed by atoms with Crippen LogP contribution in [0.4, 0.5) is 5.82 Å². The summed E-state index contributed by atoms with van der Waals surface area (Å²) in [5.74, 6) is 1.00. The van der Waals surface area contributed by atoms with Gasteiger partial charge in [-0.2, -0.15) is 0 Å². The predicted octanol–water partition coefficient (Wildman–Crippen LogP) is 6.02. The van der Waals surface area contributed by atoms with Gasteiger partial charge in [0.05, 0.1) is 11.3 Å². The van der Waals surface area contributed by atoms with Gasteiger partial charge in [0.15, 0.2) is 0 Å². The standard InChI is InChI=1S/C22H21N5O2S.C2H6/c1-5-18-20(26-22(30-18)17-8-13(3)29-27-17)15-6-7-19(24-10-15)25-21(28)16-11-23-9-12(2)14(16)4;1-2/h6-11H,5H2,1-4H3,(H,24,25,28);1-2H3. The molecule has 4 aromatic heterocycles. The Hall–Kier alpha value is -3.39. The summed E-state index contributed by atoms with van der Waals surface area (Å²) >= 11 is 1.60. The first kappa shape index (κ1) is 23.3. The summed E-state index contributed by atoms with van der Waals surface area (Å²) < 4.78 is 5.17. The monoisotopic (exact) mass is 449 g/mol. The Bertz CT molecular complexity index is 1210. The molecule has 0 atom stereocenters. The normalized spacial score (nSPS) is 10.4. The SMILES string of the molecule is CC.CCc1sc(-c2cc(C)on2)nc1-c1ccc(NC(=O)c2cncc(C)c2C)nc1. The lowest BCUT2D eigenvalue weighted by Gasteiger charge is -2.09. The molecular weight excluding hydrogens is 422 g/mol. The van der Waals surface area contributed by atoms with Crippen molar-refractivity contribution >= 4 is 23.1 Å². The number of thiazole rings is 1. The van der Waals surface area contributed by atoms with Gasteiger partial charge in [0.2, 0.25) is 0 Å². The number of nitrogens with one attached hydrogen (secondary N) is 1. The molecule has 0 bridgehead atoms. The number of carbonyl (C=O) groups excluding carboxylic acids is 1. The Kier molecular flexibility index (Phi) is 7.48. The Morgan fingerprint density at radius 2 is 1.91 bits per heavy atom. The molecule has 0 saturated heterocycles. The quantitative estimate of drug-likeness (QED) is 0.400. The average Bonchev–Trinajstić information content (AvgIpc) is 3.43. The molecule has 4 rings (SSSR count). The minimum absolute atomic E-state index is 0.226. The molecule has 1 amide bonds. The third kappa shape index (κ3) is 4.91. The Labute approximate surface area is 192 Å². The summed E-state index contributed by atoms with van der Waals surface area (Å²) in [5, 5.41) is 7.72. The fourth-order valence-electron chi connectivity index (χ4n) is 3.04. The number of rotatable bonds is 5. The number of pyridine rings is 2. The molecule has 0 fully saturated rings. The second-order valence-corrected chi connectivity index (χ2v) is 8.07. The van der Waals surface area contributed by atoms with E-state index in [-0.39, 0.29) is 5.91 Å². The highest BCUT2D eigenvalue weighted by Gasteiger charge is 2.17. The van der Waals surface area contributed by atoms with Crippen molar-refractivity contribution in [1.82, 2.24) is 20.1 Å². The number of nitrogens with zero attached hydrogens (tertiary/aromatic N) is 4. The van der Waals surface area contributed by atoms with E-state index in [0.717, 1.165) is 50.1 Å². The van der Waals surface area contributed by atoms with Gasteiger partial charge in [-0.1, -0.05) is 25.9 Å². The second-order valence-electron chi connectivity index (χ2n) is 6.98. The second kappa shape index (κ2) is 10.3. The lowest BCUT2D eigenvalue weighted by atomic mass is 10.1. The molecule has 0 aromatic carbocycles. The van der Waals surface area contributed by atoms with Crippen LogP contribution in [0.5, 0.6) is 0 Å². The van der Waals surface area contributed by atoms with Crippen LogP contribution >= 0.6 is 11.3 Å². The summed E-state index contributed by atoms with van der Waals surface area (Å²) in [6.07, 6.45) is 5.89. The van der Waals surface area contributed by atoms with Crippen LogP contribution in [0.1, 0.15) is 52.9 Å². The van der Waals surface area contributed by atoms with Gasteiger partial charge < -0.3 is 9.84 Å². The lowest BCUT2D eigenvalue weighted by Crippen LogP contribution is -2.15. The molecule has 7 nitrogen and oxygen atoms in total. The largest absolute Gasteiger partial charge is 0.361 e. The van der Waals surface area contributed by atoms with E-state index >= 15 is 0 Å². The third-order valence-electron chi connectivity index (χ3n) is 4.86. The Morgan fingerprint density at radius 3 is 2.53 bits per heavy atom. The molecule has 1 N–H and O–H groups in total. The van der Waals surface area contributed by atoms with Gasteiger partial charge in [-0.3, -0.25) is 9.78 Å². The molecule has 8 heteroatoms. The summed E-state index contributed by atoms with van der Waals surface area (Å²) in [6.45, 7) is 11.8. The first-order chi connectivity index (χ1) is 15.5. The van der Waals surface area contributed by atoms with E-state index in [0.29, 0.717) is 11.4 Å². The number of carbonyl (C=O) groups is 1. The molecule has 0 aliphatic carbocycles. The lowest BCUT2D eigenvalue weighted by molar-refractivity contribution is 0.102. The first-order valence-corrected chi connectivity index (χ1v) is 11.4. The van der Waals surface area contributed by atoms with Crippen LogP contribution in [0.25, 0.3) is 22.0 Å². The van der Waals surface area contributed by atoms with Crippen molar-refractivity contribution < 1.29 is 9.32 Å². The van der Waals surface area contributed by atoms with Crippen LogP contribution in [-0.2, 0) is 6.42 Å². The maximum absolute atomic E-state index is 12.6. The van der Waals surface area contributed by atoms with E-state index in [1.807, 2.05) is 46.8 Å². The molecule has 4 aromatic rings. The average molecular weight is 450 g/mol. The minimum Gasteiger partial charge on any atom is -0.361 e. The highest BCUT2D eigenvalue weighted by Crippen LogP contribution is 2.34. The summed E-state index contributed by atoms with van der Waals surface area (Å²) in [4.78, 5) is 27.0. The van der Waals surface area contributed by atoms with Crippen LogP contribution in [0, 0.1) is 20.8 Å². The molecular formula is C24H27N5O2S. The molecule has 0 unspecified atom stereocenters. The Morgan fingerprint density at radius 1 is 1.12 bits per heavy atom. The van der Waals surface area contributed by atoms with Crippen LogP contribution in [0.3, 0.4) is 0 Å². The zero-order valence-electron chi connectivity index (χ0n) is 19.2. The zero-order chi connectivity index (χ0) is 23.3. The number of hydrogen-bond donors (Lipinski definition) is 1. The number of anilines is 1. The number of hydrogen-bond acceptors (Lipinski definition) is 7. The van der Waals surface area contributed by atoms with Gasteiger partial charge in [-0.05, 0) is 50.5 Å². The van der Waals surface area contributed by atoms with E-state index in [1.54, 1.807) is 36.0 Å². The van der Waals surface area contributed by atoms with Gasteiger partial charge in [-0.15, -0.1) is 11.3 Å². The molecule has 0 saturated carbocycles. The van der Waals surface area contributed by atoms with Crippen molar-refractivity contribution in [2.45, 2.75) is 48.0 Å². The fourth-order valence-corrected chi connectivity index (χ4v) is 4.02. The van der Waals surface area contributed by atoms with Crippen LogP contribution < -0.4 is 5.32 Å². The smallest absolute Gasteiger partial charge is 0.258 e. The number of aryl methyl sites for hydroxylation is 3. The molecule has 166 valence electrons. The zero-order valence-corrected chi connectivity index (χ0v) is 20.0. The van der Waals surface area contributed by atoms with Crippen molar-refractivity contribution in [2.75, 3.05) is 5.32 Å². The molecule has 32 heavy (non-hydrogen) atoms.